The number of amides is 1. The van der Waals surface area contributed by atoms with Crippen molar-refractivity contribution in [2.24, 2.45) is 5.14 Å². The molecule has 2 N–H and O–H groups in total. The van der Waals surface area contributed by atoms with E-state index >= 15 is 0 Å². The number of primary sulfonamides is 1. The Morgan fingerprint density at radius 2 is 2.18 bits per heavy atom. The number of hydrogen-bond donors (Lipinski definition) is 1. The zero-order valence-corrected chi connectivity index (χ0v) is 16.3. The van der Waals surface area contributed by atoms with Crippen molar-refractivity contribution in [1.29, 1.82) is 0 Å². The summed E-state index contributed by atoms with van der Waals surface area (Å²) in [7, 11) is -3.76. The molecule has 0 unspecified atom stereocenters. The maximum absolute atomic E-state index is 12.7. The first-order valence-electron chi connectivity index (χ1n) is 8.41. The second-order valence-corrected chi connectivity index (χ2v) is 8.74. The van der Waals surface area contributed by atoms with Crippen LogP contribution in [0, 0.1) is 0 Å². The van der Waals surface area contributed by atoms with Crippen LogP contribution in [-0.2, 0) is 27.8 Å². The summed E-state index contributed by atoms with van der Waals surface area (Å²) >= 11 is 1.29. The highest BCUT2D eigenvalue weighted by molar-refractivity contribution is 7.99. The minimum atomic E-state index is -3.76. The van der Waals surface area contributed by atoms with Crippen molar-refractivity contribution in [2.45, 2.75) is 23.0 Å². The Bertz CT molecular complexity index is 1110. The fraction of sp³-hybridized carbons (Fsp3) is 0.235. The Morgan fingerprint density at radius 1 is 1.32 bits per heavy atom. The quantitative estimate of drug-likeness (QED) is 0.596. The van der Waals surface area contributed by atoms with E-state index in [0.717, 1.165) is 17.0 Å². The van der Waals surface area contributed by atoms with Crippen molar-refractivity contribution in [2.75, 3.05) is 17.2 Å². The second kappa shape index (κ2) is 7.41. The molecule has 11 heteroatoms. The van der Waals surface area contributed by atoms with Gasteiger partial charge < -0.3 is 13.9 Å². The van der Waals surface area contributed by atoms with Crippen molar-refractivity contribution in [3.63, 3.8) is 0 Å². The topological polar surface area (TPSA) is 124 Å². The normalized spacial score (nSPS) is 13.7. The van der Waals surface area contributed by atoms with Crippen LogP contribution in [0.25, 0.3) is 0 Å². The van der Waals surface area contributed by atoms with Crippen LogP contribution in [-0.4, -0.2) is 41.4 Å². The number of nitrogens with zero attached hydrogens (tertiary/aromatic N) is 4. The number of rotatable bonds is 6. The number of furan rings is 1. The molecule has 1 amide bonds. The van der Waals surface area contributed by atoms with E-state index in [-0.39, 0.29) is 16.6 Å². The lowest BCUT2D eigenvalue weighted by atomic mass is 10.2. The average molecular weight is 419 g/mol. The monoisotopic (exact) mass is 419 g/mol. The van der Waals surface area contributed by atoms with Gasteiger partial charge in [-0.2, -0.15) is 0 Å². The van der Waals surface area contributed by atoms with Crippen molar-refractivity contribution in [3.8, 4) is 0 Å². The van der Waals surface area contributed by atoms with E-state index in [1.54, 1.807) is 23.6 Å². The van der Waals surface area contributed by atoms with Crippen molar-refractivity contribution >= 4 is 33.4 Å². The number of fused-ring (bicyclic) bond motifs is 1. The van der Waals surface area contributed by atoms with Crippen LogP contribution in [0.15, 0.2) is 57.4 Å². The van der Waals surface area contributed by atoms with Crippen LogP contribution in [0.4, 0.5) is 5.69 Å². The molecule has 1 aromatic carbocycles. The minimum Gasteiger partial charge on any atom is -0.467 e. The molecule has 0 radical (unpaired) electrons. The van der Waals surface area contributed by atoms with Gasteiger partial charge in [-0.15, -0.1) is 10.2 Å². The van der Waals surface area contributed by atoms with E-state index in [1.807, 2.05) is 16.7 Å². The van der Waals surface area contributed by atoms with Crippen LogP contribution >= 0.6 is 11.8 Å². The van der Waals surface area contributed by atoms with Crippen LogP contribution < -0.4 is 10.0 Å². The number of thioether (sulfide) groups is 1. The molecule has 0 spiro atoms. The highest BCUT2D eigenvalue weighted by Gasteiger charge is 2.26. The maximum Gasteiger partial charge on any atom is 0.238 e. The molecule has 0 aliphatic carbocycles. The Hall–Kier alpha value is -2.63. The van der Waals surface area contributed by atoms with Crippen molar-refractivity contribution in [3.05, 3.63) is 54.2 Å². The molecule has 1 aliphatic rings. The lowest BCUT2D eigenvalue weighted by molar-refractivity contribution is -0.116. The summed E-state index contributed by atoms with van der Waals surface area (Å²) in [6.07, 6.45) is 3.78. The van der Waals surface area contributed by atoms with Crippen LogP contribution in [0.3, 0.4) is 0 Å². The molecule has 28 heavy (non-hydrogen) atoms. The molecule has 4 rings (SSSR count). The number of aromatic nitrogens is 3. The third kappa shape index (κ3) is 3.81. The molecule has 3 aromatic rings. The van der Waals surface area contributed by atoms with Crippen molar-refractivity contribution in [1.82, 2.24) is 14.8 Å². The lowest BCUT2D eigenvalue weighted by Gasteiger charge is -2.17. The molecule has 2 aromatic heterocycles. The van der Waals surface area contributed by atoms with Gasteiger partial charge in [0.05, 0.1) is 23.5 Å². The molecular formula is C17H17N5O4S2. The smallest absolute Gasteiger partial charge is 0.238 e. The number of benzene rings is 1. The third-order valence-corrected chi connectivity index (χ3v) is 6.26. The summed E-state index contributed by atoms with van der Waals surface area (Å²) in [5.41, 5.74) is 1.51. The summed E-state index contributed by atoms with van der Waals surface area (Å²) < 4.78 is 30.1. The Balaban J connectivity index is 1.43. The predicted octanol–water partition coefficient (Wildman–Crippen LogP) is 1.25. The van der Waals surface area contributed by atoms with Gasteiger partial charge in [-0.25, -0.2) is 13.6 Å². The first kappa shape index (κ1) is 18.7. The van der Waals surface area contributed by atoms with E-state index in [9.17, 15) is 13.2 Å². The van der Waals surface area contributed by atoms with Gasteiger partial charge in [0.2, 0.25) is 15.9 Å². The van der Waals surface area contributed by atoms with E-state index < -0.39 is 10.0 Å². The highest BCUT2D eigenvalue weighted by Crippen LogP contribution is 2.31. The zero-order valence-electron chi connectivity index (χ0n) is 14.7. The Kier molecular flexibility index (Phi) is 4.96. The van der Waals surface area contributed by atoms with Gasteiger partial charge in [-0.3, -0.25) is 4.79 Å². The Morgan fingerprint density at radius 3 is 2.93 bits per heavy atom. The number of carbonyl (C=O) groups excluding carboxylic acids is 1. The fourth-order valence-electron chi connectivity index (χ4n) is 3.05. The van der Waals surface area contributed by atoms with Crippen LogP contribution in [0.2, 0.25) is 0 Å². The molecular weight excluding hydrogens is 402 g/mol. The van der Waals surface area contributed by atoms with E-state index in [4.69, 9.17) is 9.56 Å². The largest absolute Gasteiger partial charge is 0.467 e. The summed E-state index contributed by atoms with van der Waals surface area (Å²) in [6, 6.07) is 8.25. The minimum absolute atomic E-state index is 0.0564. The van der Waals surface area contributed by atoms with Gasteiger partial charge >= 0.3 is 0 Å². The van der Waals surface area contributed by atoms with Gasteiger partial charge in [-0.05, 0) is 42.3 Å². The summed E-state index contributed by atoms with van der Waals surface area (Å²) in [6.45, 7) is 0.987. The molecule has 0 saturated carbocycles. The third-order valence-electron chi connectivity index (χ3n) is 4.39. The molecule has 9 nitrogen and oxygen atoms in total. The molecule has 0 atom stereocenters. The standard InChI is InChI=1S/C17H17N5O4S2/c18-28(24,25)14-3-4-15-12(8-14)5-6-22(15)16(23)10-27-17-20-19-11-21(17)9-13-2-1-7-26-13/h1-4,7-8,11H,5-6,9-10H2,(H2,18,24,25). The molecule has 0 bridgehead atoms. The fourth-order valence-corrected chi connectivity index (χ4v) is 4.41. The maximum atomic E-state index is 12.7. The second-order valence-electron chi connectivity index (χ2n) is 6.24. The highest BCUT2D eigenvalue weighted by atomic mass is 32.2. The summed E-state index contributed by atoms with van der Waals surface area (Å²) in [5, 5.41) is 13.8. The van der Waals surface area contributed by atoms with Gasteiger partial charge in [0.15, 0.2) is 5.16 Å². The van der Waals surface area contributed by atoms with Gasteiger partial charge in [0.25, 0.3) is 0 Å². The number of sulfonamides is 1. The van der Waals surface area contributed by atoms with Crippen LogP contribution in [0.1, 0.15) is 11.3 Å². The van der Waals surface area contributed by atoms with Crippen LogP contribution in [0.5, 0.6) is 0 Å². The average Bonchev–Trinajstić information content (AvgIpc) is 3.40. The molecule has 1 aliphatic heterocycles. The summed E-state index contributed by atoms with van der Waals surface area (Å²) in [5.74, 6) is 0.875. The molecule has 146 valence electrons. The van der Waals surface area contributed by atoms with E-state index in [1.165, 1.54) is 23.9 Å². The molecule has 0 saturated heterocycles. The first-order valence-corrected chi connectivity index (χ1v) is 10.9. The van der Waals surface area contributed by atoms with Gasteiger partial charge in [0.1, 0.15) is 12.1 Å². The van der Waals surface area contributed by atoms with Gasteiger partial charge in [0, 0.05) is 12.2 Å². The van der Waals surface area contributed by atoms with Crippen molar-refractivity contribution < 1.29 is 17.6 Å². The SMILES string of the molecule is NS(=O)(=O)c1ccc2c(c1)CCN2C(=O)CSc1nncn1Cc1ccco1. The number of hydrogen-bond acceptors (Lipinski definition) is 7. The molecule has 0 fully saturated rings. The van der Waals surface area contributed by atoms with Gasteiger partial charge in [-0.1, -0.05) is 11.8 Å². The zero-order chi connectivity index (χ0) is 19.7. The number of nitrogens with two attached hydrogens (primary N) is 1. The summed E-state index contributed by atoms with van der Waals surface area (Å²) in [4.78, 5) is 14.4. The van der Waals surface area contributed by atoms with E-state index in [2.05, 4.69) is 10.2 Å². The molecule has 3 heterocycles. The number of anilines is 1. The first-order chi connectivity index (χ1) is 13.4. The number of carbonyl (C=O) groups is 1. The lowest BCUT2D eigenvalue weighted by Crippen LogP contribution is -2.30. The predicted molar refractivity (Wildman–Crippen MR) is 102 cm³/mol. The van der Waals surface area contributed by atoms with E-state index in [0.29, 0.717) is 24.7 Å². The Labute approximate surface area is 165 Å².